The van der Waals surface area contributed by atoms with Crippen LogP contribution < -0.4 is 11.2 Å². The Morgan fingerprint density at radius 3 is 2.60 bits per heavy atom. The molecule has 0 rings (SSSR count). The lowest BCUT2D eigenvalue weighted by atomic mass is 10.4. The SMILES string of the molecule is NCCCNOP(=O)(O)O. The van der Waals surface area contributed by atoms with Crippen molar-refractivity contribution in [2.75, 3.05) is 13.1 Å². The first-order valence-corrected chi connectivity index (χ1v) is 4.26. The van der Waals surface area contributed by atoms with E-state index in [-0.39, 0.29) is 0 Å². The first-order valence-electron chi connectivity index (χ1n) is 2.73. The summed E-state index contributed by atoms with van der Waals surface area (Å²) in [4.78, 5) is 16.2. The largest absolute Gasteiger partial charge is 0.486 e. The van der Waals surface area contributed by atoms with Crippen LogP contribution in [0.5, 0.6) is 0 Å². The third-order valence-electron chi connectivity index (χ3n) is 0.666. The highest BCUT2D eigenvalue weighted by Crippen LogP contribution is 2.33. The van der Waals surface area contributed by atoms with E-state index in [0.717, 1.165) is 0 Å². The van der Waals surface area contributed by atoms with Gasteiger partial charge in [0.2, 0.25) is 0 Å². The van der Waals surface area contributed by atoms with Gasteiger partial charge in [-0.1, -0.05) is 0 Å². The molecule has 7 heteroatoms. The first-order chi connectivity index (χ1) is 4.56. The highest BCUT2D eigenvalue weighted by Gasteiger charge is 2.12. The molecule has 0 radical (unpaired) electrons. The average Bonchev–Trinajstić information content (AvgIpc) is 1.78. The van der Waals surface area contributed by atoms with Gasteiger partial charge in [-0.15, -0.1) is 0 Å². The monoisotopic (exact) mass is 170 g/mol. The Morgan fingerprint density at radius 1 is 1.60 bits per heavy atom. The van der Waals surface area contributed by atoms with E-state index in [1.165, 1.54) is 0 Å². The number of nitrogens with one attached hydrogen (secondary N) is 1. The number of hydroxylamine groups is 1. The van der Waals surface area contributed by atoms with Crippen molar-refractivity contribution < 1.29 is 19.0 Å². The van der Waals surface area contributed by atoms with Gasteiger partial charge < -0.3 is 15.5 Å². The number of phosphoric acid groups is 1. The molecule has 62 valence electrons. The molecule has 0 aliphatic carbocycles. The highest BCUT2D eigenvalue weighted by molar-refractivity contribution is 7.46. The van der Waals surface area contributed by atoms with Gasteiger partial charge in [-0.2, -0.15) is 10.1 Å². The minimum Gasteiger partial charge on any atom is -0.330 e. The summed E-state index contributed by atoms with van der Waals surface area (Å²) in [5.41, 5.74) is 7.17. The number of hydrogen-bond donors (Lipinski definition) is 4. The van der Waals surface area contributed by atoms with Gasteiger partial charge in [0.05, 0.1) is 0 Å². The molecule has 0 aromatic rings. The topological polar surface area (TPSA) is 105 Å². The maximum Gasteiger partial charge on any atom is 0.486 e. The third kappa shape index (κ3) is 8.03. The van der Waals surface area contributed by atoms with Crippen LogP contribution in [0.3, 0.4) is 0 Å². The van der Waals surface area contributed by atoms with Crippen LogP contribution in [-0.4, -0.2) is 22.9 Å². The second kappa shape index (κ2) is 4.79. The zero-order chi connectivity index (χ0) is 8.04. The Hall–Kier alpha value is 0.0300. The van der Waals surface area contributed by atoms with Crippen molar-refractivity contribution >= 4 is 7.82 Å². The van der Waals surface area contributed by atoms with Crippen molar-refractivity contribution in [3.05, 3.63) is 0 Å². The first kappa shape index (κ1) is 10.0. The molecule has 0 aromatic carbocycles. The third-order valence-corrected chi connectivity index (χ3v) is 1.03. The summed E-state index contributed by atoms with van der Waals surface area (Å²) in [7, 11) is -4.36. The van der Waals surface area contributed by atoms with Crippen LogP contribution in [0.2, 0.25) is 0 Å². The van der Waals surface area contributed by atoms with E-state index in [2.05, 4.69) is 10.1 Å². The van der Waals surface area contributed by atoms with Crippen molar-refractivity contribution in [3.8, 4) is 0 Å². The van der Waals surface area contributed by atoms with Crippen LogP contribution >= 0.6 is 7.82 Å². The second-order valence-electron chi connectivity index (χ2n) is 1.62. The van der Waals surface area contributed by atoms with Crippen LogP contribution in [0.15, 0.2) is 0 Å². The lowest BCUT2D eigenvalue weighted by Crippen LogP contribution is -2.17. The quantitative estimate of drug-likeness (QED) is 0.238. The van der Waals surface area contributed by atoms with Gasteiger partial charge in [-0.05, 0) is 13.0 Å². The smallest absolute Gasteiger partial charge is 0.330 e. The van der Waals surface area contributed by atoms with E-state index in [4.69, 9.17) is 15.5 Å². The van der Waals surface area contributed by atoms with Gasteiger partial charge in [-0.25, -0.2) is 4.57 Å². The van der Waals surface area contributed by atoms with Crippen LogP contribution in [0.4, 0.5) is 0 Å². The molecule has 0 saturated carbocycles. The fraction of sp³-hybridized carbons (Fsp3) is 1.00. The summed E-state index contributed by atoms with van der Waals surface area (Å²) in [6, 6.07) is 0. The van der Waals surface area contributed by atoms with E-state index in [1.807, 2.05) is 0 Å². The molecule has 5 N–H and O–H groups in total. The number of nitrogens with two attached hydrogens (primary N) is 1. The predicted molar refractivity (Wildman–Crippen MR) is 34.8 cm³/mol. The lowest BCUT2D eigenvalue weighted by molar-refractivity contribution is 0.125. The Kier molecular flexibility index (Phi) is 4.80. The molecule has 0 spiro atoms. The zero-order valence-electron chi connectivity index (χ0n) is 5.36. The Bertz CT molecular complexity index is 124. The Balaban J connectivity index is 3.13. The summed E-state index contributed by atoms with van der Waals surface area (Å²) >= 11 is 0. The van der Waals surface area contributed by atoms with E-state index in [1.54, 1.807) is 0 Å². The summed E-state index contributed by atoms with van der Waals surface area (Å²) in [6.07, 6.45) is 0.611. The van der Waals surface area contributed by atoms with Crippen LogP contribution in [-0.2, 0) is 9.19 Å². The molecule has 0 fully saturated rings. The van der Waals surface area contributed by atoms with Crippen molar-refractivity contribution in [1.29, 1.82) is 0 Å². The minimum atomic E-state index is -4.36. The molecule has 10 heavy (non-hydrogen) atoms. The summed E-state index contributed by atoms with van der Waals surface area (Å²) in [6.45, 7) is 0.791. The lowest BCUT2D eigenvalue weighted by Gasteiger charge is -2.04. The molecule has 0 unspecified atom stereocenters. The zero-order valence-corrected chi connectivity index (χ0v) is 6.25. The minimum absolute atomic E-state index is 0.335. The van der Waals surface area contributed by atoms with Gasteiger partial charge in [0.1, 0.15) is 0 Å². The normalized spacial score (nSPS) is 11.9. The fourth-order valence-corrected chi connectivity index (χ4v) is 0.563. The van der Waals surface area contributed by atoms with Crippen molar-refractivity contribution in [1.82, 2.24) is 5.48 Å². The molecule has 0 bridgehead atoms. The molecule has 0 atom stereocenters. The molecular formula is C3H11N2O4P. The van der Waals surface area contributed by atoms with Crippen LogP contribution in [0, 0.1) is 0 Å². The van der Waals surface area contributed by atoms with Crippen molar-refractivity contribution in [2.45, 2.75) is 6.42 Å². The Morgan fingerprint density at radius 2 is 2.20 bits per heavy atom. The number of rotatable bonds is 5. The van der Waals surface area contributed by atoms with E-state index in [0.29, 0.717) is 19.5 Å². The summed E-state index contributed by atoms with van der Waals surface area (Å²) < 4.78 is 13.9. The second-order valence-corrected chi connectivity index (χ2v) is 2.78. The maximum atomic E-state index is 9.97. The molecule has 0 aliphatic heterocycles. The van der Waals surface area contributed by atoms with Crippen LogP contribution in [0.25, 0.3) is 0 Å². The Labute approximate surface area is 58.6 Å². The molecule has 0 saturated heterocycles. The molecule has 0 aliphatic rings. The summed E-state index contributed by atoms with van der Waals surface area (Å²) in [5, 5.41) is 0. The van der Waals surface area contributed by atoms with Gasteiger partial charge in [0.15, 0.2) is 0 Å². The highest BCUT2D eigenvalue weighted by atomic mass is 31.2. The predicted octanol–water partition coefficient (Wildman–Crippen LogP) is -1.05. The van der Waals surface area contributed by atoms with E-state index < -0.39 is 7.82 Å². The fourth-order valence-electron chi connectivity index (χ4n) is 0.304. The standard InChI is InChI=1S/C3H11N2O4P/c4-2-1-3-5-9-10(6,7)8/h5H,1-4H2,(H2,6,7,8). The molecule has 0 amide bonds. The maximum absolute atomic E-state index is 9.97. The van der Waals surface area contributed by atoms with E-state index in [9.17, 15) is 4.57 Å². The van der Waals surface area contributed by atoms with Crippen molar-refractivity contribution in [3.63, 3.8) is 0 Å². The van der Waals surface area contributed by atoms with Gasteiger partial charge in [-0.3, -0.25) is 0 Å². The number of hydrogen-bond acceptors (Lipinski definition) is 4. The molecule has 0 heterocycles. The van der Waals surface area contributed by atoms with Crippen molar-refractivity contribution in [2.24, 2.45) is 5.73 Å². The molecule has 6 nitrogen and oxygen atoms in total. The van der Waals surface area contributed by atoms with Crippen LogP contribution in [0.1, 0.15) is 6.42 Å². The summed E-state index contributed by atoms with van der Waals surface area (Å²) in [5.74, 6) is 0. The van der Waals surface area contributed by atoms with Gasteiger partial charge in [0.25, 0.3) is 0 Å². The van der Waals surface area contributed by atoms with Gasteiger partial charge in [0, 0.05) is 6.54 Å². The molecular weight excluding hydrogens is 159 g/mol. The average molecular weight is 170 g/mol. The molecule has 0 aromatic heterocycles. The van der Waals surface area contributed by atoms with E-state index >= 15 is 0 Å². The van der Waals surface area contributed by atoms with Gasteiger partial charge >= 0.3 is 7.82 Å².